The minimum absolute atomic E-state index is 0.0487. The number of halogens is 1. The average molecular weight is 227 g/mol. The minimum Gasteiger partial charge on any atom is -0.493 e. The van der Waals surface area contributed by atoms with E-state index in [-0.39, 0.29) is 24.3 Å². The number of carbonyl (C=O) groups is 1. The molecule has 0 unspecified atom stereocenters. The summed E-state index contributed by atoms with van der Waals surface area (Å²) in [6.07, 6.45) is 1.04. The van der Waals surface area contributed by atoms with Gasteiger partial charge in [-0.25, -0.2) is 4.39 Å². The molecule has 0 fully saturated rings. The van der Waals surface area contributed by atoms with Gasteiger partial charge in [-0.1, -0.05) is 0 Å². The summed E-state index contributed by atoms with van der Waals surface area (Å²) in [6.45, 7) is 0. The molecular weight excluding hydrogens is 217 g/mol. The standard InChI is InChI=1S/C10H10FNO4/c1-16-10-7(3-2-4-13)5-8(12(14)15)6-9(10)11/h4-6H,2-3H2,1H3. The maximum absolute atomic E-state index is 13.4. The third kappa shape index (κ3) is 2.53. The molecule has 1 aromatic rings. The Kier molecular flexibility index (Phi) is 3.93. The van der Waals surface area contributed by atoms with Gasteiger partial charge in [0.2, 0.25) is 0 Å². The van der Waals surface area contributed by atoms with E-state index >= 15 is 0 Å². The van der Waals surface area contributed by atoms with E-state index in [1.807, 2.05) is 0 Å². The third-order valence-corrected chi connectivity index (χ3v) is 2.05. The van der Waals surface area contributed by atoms with Crippen LogP contribution in [0.5, 0.6) is 5.75 Å². The maximum atomic E-state index is 13.4. The number of benzene rings is 1. The lowest BCUT2D eigenvalue weighted by atomic mass is 10.1. The second-order valence-corrected chi connectivity index (χ2v) is 3.08. The van der Waals surface area contributed by atoms with Crippen molar-refractivity contribution in [2.75, 3.05) is 7.11 Å². The summed E-state index contributed by atoms with van der Waals surface area (Å²) >= 11 is 0. The van der Waals surface area contributed by atoms with Crippen LogP contribution in [0.25, 0.3) is 0 Å². The van der Waals surface area contributed by atoms with E-state index in [4.69, 9.17) is 4.74 Å². The largest absolute Gasteiger partial charge is 0.493 e. The fraction of sp³-hybridized carbons (Fsp3) is 0.300. The number of aryl methyl sites for hydroxylation is 1. The molecule has 0 aromatic heterocycles. The zero-order chi connectivity index (χ0) is 12.1. The maximum Gasteiger partial charge on any atom is 0.272 e. The Bertz CT molecular complexity index is 420. The molecule has 1 rings (SSSR count). The monoisotopic (exact) mass is 227 g/mol. The third-order valence-electron chi connectivity index (χ3n) is 2.05. The smallest absolute Gasteiger partial charge is 0.272 e. The molecule has 0 bridgehead atoms. The van der Waals surface area contributed by atoms with Crippen LogP contribution in [0.15, 0.2) is 12.1 Å². The molecule has 1 aromatic carbocycles. The minimum atomic E-state index is -0.794. The van der Waals surface area contributed by atoms with Crippen molar-refractivity contribution in [1.82, 2.24) is 0 Å². The molecule has 86 valence electrons. The molecule has 0 saturated heterocycles. The molecule has 5 nitrogen and oxygen atoms in total. The highest BCUT2D eigenvalue weighted by atomic mass is 19.1. The number of aldehydes is 1. The van der Waals surface area contributed by atoms with Crippen LogP contribution in [0.3, 0.4) is 0 Å². The van der Waals surface area contributed by atoms with Crippen molar-refractivity contribution in [3.8, 4) is 5.75 Å². The van der Waals surface area contributed by atoms with Gasteiger partial charge in [-0.2, -0.15) is 0 Å². The Morgan fingerprint density at radius 2 is 2.25 bits per heavy atom. The van der Waals surface area contributed by atoms with Gasteiger partial charge < -0.3 is 9.53 Å². The first-order chi connectivity index (χ1) is 7.60. The van der Waals surface area contributed by atoms with Gasteiger partial charge in [0.25, 0.3) is 5.69 Å². The van der Waals surface area contributed by atoms with E-state index in [0.717, 1.165) is 6.07 Å². The molecule has 0 N–H and O–H groups in total. The van der Waals surface area contributed by atoms with Crippen LogP contribution < -0.4 is 4.74 Å². The summed E-state index contributed by atoms with van der Waals surface area (Å²) in [4.78, 5) is 20.0. The highest BCUT2D eigenvalue weighted by molar-refractivity contribution is 5.52. The zero-order valence-corrected chi connectivity index (χ0v) is 8.60. The SMILES string of the molecule is COc1c(F)cc([N+](=O)[O-])cc1CCC=O. The molecule has 0 saturated carbocycles. The Hall–Kier alpha value is -1.98. The molecule has 0 amide bonds. The molecule has 0 aliphatic rings. The quantitative estimate of drug-likeness (QED) is 0.437. The van der Waals surface area contributed by atoms with Gasteiger partial charge in [-0.15, -0.1) is 0 Å². The van der Waals surface area contributed by atoms with Crippen LogP contribution in [0.4, 0.5) is 10.1 Å². The molecule has 0 aliphatic heterocycles. The lowest BCUT2D eigenvalue weighted by Gasteiger charge is -2.07. The van der Waals surface area contributed by atoms with Crippen molar-refractivity contribution in [3.05, 3.63) is 33.6 Å². The van der Waals surface area contributed by atoms with Gasteiger partial charge in [0, 0.05) is 18.1 Å². The van der Waals surface area contributed by atoms with Crippen LogP contribution >= 0.6 is 0 Å². The van der Waals surface area contributed by atoms with Crippen molar-refractivity contribution in [2.45, 2.75) is 12.8 Å². The lowest BCUT2D eigenvalue weighted by molar-refractivity contribution is -0.385. The fourth-order valence-corrected chi connectivity index (χ4v) is 1.37. The van der Waals surface area contributed by atoms with E-state index < -0.39 is 10.7 Å². The van der Waals surface area contributed by atoms with Gasteiger partial charge in [-0.05, 0) is 6.42 Å². The summed E-state index contributed by atoms with van der Waals surface area (Å²) in [6, 6.07) is 2.01. The van der Waals surface area contributed by atoms with Crippen molar-refractivity contribution < 1.29 is 18.8 Å². The number of carbonyl (C=O) groups excluding carboxylic acids is 1. The number of nitrogens with zero attached hydrogens (tertiary/aromatic N) is 1. The number of rotatable bonds is 5. The molecule has 0 atom stereocenters. The van der Waals surface area contributed by atoms with Gasteiger partial charge in [0.1, 0.15) is 6.29 Å². The Balaban J connectivity index is 3.19. The molecule has 0 radical (unpaired) electrons. The lowest BCUT2D eigenvalue weighted by Crippen LogP contribution is -1.99. The number of methoxy groups -OCH3 is 1. The normalized spacial score (nSPS) is 9.88. The summed E-state index contributed by atoms with van der Waals surface area (Å²) < 4.78 is 18.2. The van der Waals surface area contributed by atoms with Gasteiger partial charge >= 0.3 is 0 Å². The van der Waals surface area contributed by atoms with E-state index in [1.165, 1.54) is 13.2 Å². The Labute approximate surface area is 91.0 Å². The Morgan fingerprint density at radius 1 is 1.56 bits per heavy atom. The summed E-state index contributed by atoms with van der Waals surface area (Å²) in [5, 5.41) is 10.5. The number of non-ortho nitro benzene ring substituents is 1. The van der Waals surface area contributed by atoms with Gasteiger partial charge in [0.05, 0.1) is 18.1 Å². The van der Waals surface area contributed by atoms with Crippen molar-refractivity contribution >= 4 is 12.0 Å². The zero-order valence-electron chi connectivity index (χ0n) is 8.60. The number of hydrogen-bond acceptors (Lipinski definition) is 4. The molecule has 0 spiro atoms. The second-order valence-electron chi connectivity index (χ2n) is 3.08. The first-order valence-electron chi connectivity index (χ1n) is 4.54. The fourth-order valence-electron chi connectivity index (χ4n) is 1.37. The van der Waals surface area contributed by atoms with E-state index in [1.54, 1.807) is 0 Å². The predicted molar refractivity (Wildman–Crippen MR) is 54.0 cm³/mol. The average Bonchev–Trinajstić information content (AvgIpc) is 2.25. The van der Waals surface area contributed by atoms with Crippen molar-refractivity contribution in [2.24, 2.45) is 0 Å². The van der Waals surface area contributed by atoms with Crippen LogP contribution in [0, 0.1) is 15.9 Å². The van der Waals surface area contributed by atoms with E-state index in [9.17, 15) is 19.3 Å². The second kappa shape index (κ2) is 5.20. The van der Waals surface area contributed by atoms with E-state index in [2.05, 4.69) is 0 Å². The van der Waals surface area contributed by atoms with Crippen LogP contribution in [-0.4, -0.2) is 18.3 Å². The van der Waals surface area contributed by atoms with Crippen LogP contribution in [0.2, 0.25) is 0 Å². The first-order valence-corrected chi connectivity index (χ1v) is 4.54. The molecule has 16 heavy (non-hydrogen) atoms. The van der Waals surface area contributed by atoms with Gasteiger partial charge in [-0.3, -0.25) is 10.1 Å². The summed E-state index contributed by atoms with van der Waals surface area (Å²) in [7, 11) is 1.27. The highest BCUT2D eigenvalue weighted by Gasteiger charge is 2.16. The molecule has 6 heteroatoms. The van der Waals surface area contributed by atoms with Gasteiger partial charge in [0.15, 0.2) is 11.6 Å². The van der Waals surface area contributed by atoms with Crippen LogP contribution in [-0.2, 0) is 11.2 Å². The predicted octanol–water partition coefficient (Wildman–Crippen LogP) is 1.87. The summed E-state index contributed by atoms with van der Waals surface area (Å²) in [5.41, 5.74) is -0.0273. The Morgan fingerprint density at radius 3 is 2.75 bits per heavy atom. The summed E-state index contributed by atoms with van der Waals surface area (Å²) in [5.74, 6) is -0.843. The topological polar surface area (TPSA) is 69.4 Å². The van der Waals surface area contributed by atoms with Crippen molar-refractivity contribution in [1.29, 1.82) is 0 Å². The number of hydrogen-bond donors (Lipinski definition) is 0. The number of ether oxygens (including phenoxy) is 1. The number of nitro groups is 1. The first kappa shape index (κ1) is 12.1. The molecular formula is C10H10FNO4. The number of nitro benzene ring substituents is 1. The molecule has 0 heterocycles. The van der Waals surface area contributed by atoms with E-state index in [0.29, 0.717) is 11.8 Å². The molecule has 0 aliphatic carbocycles. The van der Waals surface area contributed by atoms with Crippen molar-refractivity contribution in [3.63, 3.8) is 0 Å². The van der Waals surface area contributed by atoms with Crippen LogP contribution in [0.1, 0.15) is 12.0 Å². The highest BCUT2D eigenvalue weighted by Crippen LogP contribution is 2.28.